The molecule has 2 aliphatic rings. The molecule has 9 heteroatoms. The van der Waals surface area contributed by atoms with E-state index in [2.05, 4.69) is 40.0 Å². The number of nitrogens with zero attached hydrogens (tertiary/aromatic N) is 3. The van der Waals surface area contributed by atoms with Crippen molar-refractivity contribution in [1.29, 1.82) is 0 Å². The second-order valence-electron chi connectivity index (χ2n) is 8.28. The molecule has 1 unspecified atom stereocenters. The first kappa shape index (κ1) is 21.8. The van der Waals surface area contributed by atoms with Crippen LogP contribution in [0.15, 0.2) is 51.6 Å². The number of piperidine rings is 1. The lowest BCUT2D eigenvalue weighted by atomic mass is 9.73. The summed E-state index contributed by atoms with van der Waals surface area (Å²) in [4.78, 5) is 11.1. The summed E-state index contributed by atoms with van der Waals surface area (Å²) >= 11 is 7.44. The number of thioether (sulfide) groups is 1. The Kier molecular flexibility index (Phi) is 6.05. The third-order valence-corrected chi connectivity index (χ3v) is 7.90. The van der Waals surface area contributed by atoms with E-state index in [0.717, 1.165) is 37.2 Å². The Hall–Kier alpha value is -2.42. The lowest BCUT2D eigenvalue weighted by Crippen LogP contribution is -2.48. The highest BCUT2D eigenvalue weighted by atomic mass is 35.5. The highest BCUT2D eigenvalue weighted by molar-refractivity contribution is 8.03. The summed E-state index contributed by atoms with van der Waals surface area (Å²) in [6, 6.07) is 8.29. The third-order valence-electron chi connectivity index (χ3n) is 6.49. The molecule has 2 aromatic rings. The van der Waals surface area contributed by atoms with E-state index in [1.807, 2.05) is 0 Å². The zero-order valence-corrected chi connectivity index (χ0v) is 19.1. The van der Waals surface area contributed by atoms with E-state index in [1.54, 1.807) is 18.5 Å². The Morgan fingerprint density at radius 3 is 2.74 bits per heavy atom. The van der Waals surface area contributed by atoms with Crippen molar-refractivity contribution in [2.45, 2.75) is 37.1 Å². The number of hydrogen-bond acceptors (Lipinski definition) is 6. The number of fused-ring (bicyclic) bond motifs is 1. The standard InChI is InChI=1S/C22H28ClN7S/c1-13-3-2-4-14-15(13)11-22(19(14)25)6-9-30(10-7-22)21(27)29-12-17(24)31-16-5-8-28-20(26)18(16)23/h2-5,8,12,19H,6-7,9-11,24-25H2,1H3,(H2,26,28)(H2,27,29)/b17-12+. The molecule has 1 aliphatic heterocycles. The first-order valence-corrected chi connectivity index (χ1v) is 11.5. The molecular weight excluding hydrogens is 430 g/mol. The zero-order valence-electron chi connectivity index (χ0n) is 17.5. The van der Waals surface area contributed by atoms with Crippen LogP contribution in [0.5, 0.6) is 0 Å². The Labute approximate surface area is 191 Å². The average Bonchev–Trinajstić information content (AvgIpc) is 3.03. The summed E-state index contributed by atoms with van der Waals surface area (Å²) in [5.74, 6) is 0.728. The molecule has 7 nitrogen and oxygen atoms in total. The predicted octanol–water partition coefficient (Wildman–Crippen LogP) is 3.13. The summed E-state index contributed by atoms with van der Waals surface area (Å²) in [7, 11) is 0. The van der Waals surface area contributed by atoms with E-state index >= 15 is 0 Å². The van der Waals surface area contributed by atoms with Gasteiger partial charge in [-0.3, -0.25) is 0 Å². The number of guanidine groups is 1. The van der Waals surface area contributed by atoms with E-state index < -0.39 is 0 Å². The molecule has 1 saturated heterocycles. The first-order chi connectivity index (χ1) is 14.8. The van der Waals surface area contributed by atoms with Gasteiger partial charge < -0.3 is 27.8 Å². The summed E-state index contributed by atoms with van der Waals surface area (Å²) in [5, 5.41) is 0.846. The number of rotatable bonds is 3. The molecule has 164 valence electrons. The van der Waals surface area contributed by atoms with E-state index in [0.29, 0.717) is 16.0 Å². The van der Waals surface area contributed by atoms with Gasteiger partial charge in [-0.05, 0) is 54.4 Å². The molecule has 1 aromatic carbocycles. The number of pyridine rings is 1. The molecule has 0 saturated carbocycles. The van der Waals surface area contributed by atoms with Gasteiger partial charge in [-0.15, -0.1) is 0 Å². The number of aromatic nitrogens is 1. The van der Waals surface area contributed by atoms with Crippen molar-refractivity contribution >= 4 is 35.1 Å². The van der Waals surface area contributed by atoms with E-state index in [9.17, 15) is 0 Å². The Morgan fingerprint density at radius 2 is 2.03 bits per heavy atom. The van der Waals surface area contributed by atoms with Crippen LogP contribution in [0.3, 0.4) is 0 Å². The molecule has 1 aliphatic carbocycles. The van der Waals surface area contributed by atoms with Crippen LogP contribution in [0.2, 0.25) is 5.02 Å². The van der Waals surface area contributed by atoms with Crippen molar-refractivity contribution in [1.82, 2.24) is 9.88 Å². The van der Waals surface area contributed by atoms with Crippen LogP contribution >= 0.6 is 23.4 Å². The highest BCUT2D eigenvalue weighted by Crippen LogP contribution is 2.51. The fourth-order valence-corrected chi connectivity index (χ4v) is 5.51. The Morgan fingerprint density at radius 1 is 1.29 bits per heavy atom. The molecule has 1 aromatic heterocycles. The summed E-state index contributed by atoms with van der Waals surface area (Å²) in [6.45, 7) is 3.82. The van der Waals surface area contributed by atoms with Crippen LogP contribution in [-0.4, -0.2) is 28.9 Å². The number of likely N-dealkylation sites (tertiary alicyclic amines) is 1. The quantitative estimate of drug-likeness (QED) is 0.316. The van der Waals surface area contributed by atoms with Crippen LogP contribution in [0, 0.1) is 12.3 Å². The van der Waals surface area contributed by atoms with Gasteiger partial charge in [0.05, 0.1) is 16.3 Å². The fourth-order valence-electron chi connectivity index (χ4n) is 4.60. The lowest BCUT2D eigenvalue weighted by Gasteiger charge is -2.42. The van der Waals surface area contributed by atoms with Crippen molar-refractivity contribution in [3.8, 4) is 0 Å². The molecule has 8 N–H and O–H groups in total. The van der Waals surface area contributed by atoms with Gasteiger partial charge in [-0.25, -0.2) is 9.98 Å². The van der Waals surface area contributed by atoms with Crippen LogP contribution in [-0.2, 0) is 6.42 Å². The van der Waals surface area contributed by atoms with Crippen molar-refractivity contribution in [2.75, 3.05) is 18.8 Å². The minimum absolute atomic E-state index is 0.0761. The fraction of sp³-hybridized carbons (Fsp3) is 0.364. The maximum absolute atomic E-state index is 6.71. The molecule has 31 heavy (non-hydrogen) atoms. The van der Waals surface area contributed by atoms with E-state index in [-0.39, 0.29) is 17.3 Å². The van der Waals surface area contributed by atoms with Crippen molar-refractivity contribution in [3.63, 3.8) is 0 Å². The van der Waals surface area contributed by atoms with E-state index in [4.69, 9.17) is 34.5 Å². The summed E-state index contributed by atoms with van der Waals surface area (Å²) in [5.41, 5.74) is 28.9. The van der Waals surface area contributed by atoms with Gasteiger partial charge in [0.25, 0.3) is 0 Å². The predicted molar refractivity (Wildman–Crippen MR) is 128 cm³/mol. The third kappa shape index (κ3) is 4.20. The normalized spacial score (nSPS) is 20.9. The number of hydrogen-bond donors (Lipinski definition) is 4. The maximum Gasteiger partial charge on any atom is 0.195 e. The number of halogens is 1. The van der Waals surface area contributed by atoms with Crippen molar-refractivity contribution in [2.24, 2.45) is 27.6 Å². The molecule has 0 radical (unpaired) electrons. The number of aryl methyl sites for hydroxylation is 1. The molecule has 2 heterocycles. The van der Waals surface area contributed by atoms with Crippen LogP contribution < -0.4 is 22.9 Å². The van der Waals surface area contributed by atoms with Gasteiger partial charge in [-0.2, -0.15) is 0 Å². The zero-order chi connectivity index (χ0) is 22.2. The number of nitrogen functional groups attached to an aromatic ring is 1. The van der Waals surface area contributed by atoms with Gasteiger partial charge >= 0.3 is 0 Å². The largest absolute Gasteiger partial charge is 0.392 e. The lowest BCUT2D eigenvalue weighted by molar-refractivity contribution is 0.127. The van der Waals surface area contributed by atoms with Crippen molar-refractivity contribution < 1.29 is 0 Å². The van der Waals surface area contributed by atoms with Crippen LogP contribution in [0.25, 0.3) is 0 Å². The van der Waals surface area contributed by atoms with E-state index in [1.165, 1.54) is 28.5 Å². The average molecular weight is 458 g/mol. The molecule has 1 spiro atoms. The summed E-state index contributed by atoms with van der Waals surface area (Å²) < 4.78 is 0. The van der Waals surface area contributed by atoms with Gasteiger partial charge in [0.1, 0.15) is 5.82 Å². The Bertz CT molecular complexity index is 1040. The topological polar surface area (TPSA) is 133 Å². The van der Waals surface area contributed by atoms with Gasteiger partial charge in [0.2, 0.25) is 0 Å². The van der Waals surface area contributed by atoms with Gasteiger partial charge in [0.15, 0.2) is 5.96 Å². The SMILES string of the molecule is Cc1cccc2c1CC1(CCN(C(N)=N/C=C(\N)Sc3ccnc(N)c3Cl)CC1)C2N. The smallest absolute Gasteiger partial charge is 0.195 e. The first-order valence-electron chi connectivity index (χ1n) is 10.3. The molecule has 1 atom stereocenters. The monoisotopic (exact) mass is 457 g/mol. The van der Waals surface area contributed by atoms with Crippen molar-refractivity contribution in [3.05, 3.63) is 63.4 Å². The molecule has 1 fully saturated rings. The second-order valence-corrected chi connectivity index (χ2v) is 9.77. The van der Waals surface area contributed by atoms with Crippen LogP contribution in [0.1, 0.15) is 35.6 Å². The highest BCUT2D eigenvalue weighted by Gasteiger charge is 2.46. The number of nitrogens with two attached hydrogens (primary N) is 4. The number of aliphatic imine (C=N–C) groups is 1. The number of anilines is 1. The minimum atomic E-state index is 0.0761. The summed E-state index contributed by atoms with van der Waals surface area (Å²) in [6.07, 6.45) is 6.15. The van der Waals surface area contributed by atoms with Crippen LogP contribution in [0.4, 0.5) is 5.82 Å². The number of benzene rings is 1. The minimum Gasteiger partial charge on any atom is -0.392 e. The molecule has 4 rings (SSSR count). The molecular formula is C22H28ClN7S. The van der Waals surface area contributed by atoms with Gasteiger partial charge in [-0.1, -0.05) is 41.6 Å². The molecule has 0 bridgehead atoms. The van der Waals surface area contributed by atoms with Gasteiger partial charge in [0, 0.05) is 30.2 Å². The molecule has 0 amide bonds. The second kappa shape index (κ2) is 8.61. The Balaban J connectivity index is 1.40. The maximum atomic E-state index is 6.71.